The maximum Gasteiger partial charge on any atom is 0.0630 e. The summed E-state index contributed by atoms with van der Waals surface area (Å²) in [5.41, 5.74) is 1.13. The Kier molecular flexibility index (Phi) is 3.45. The molecule has 4 aliphatic rings. The summed E-state index contributed by atoms with van der Waals surface area (Å²) in [5.74, 6) is 3.96. The molecule has 4 saturated carbocycles. The van der Waals surface area contributed by atoms with Gasteiger partial charge in [0.05, 0.1) is 6.10 Å². The molecule has 0 spiro atoms. The second-order valence-electron chi connectivity index (χ2n) is 9.26. The molecule has 4 fully saturated rings. The van der Waals surface area contributed by atoms with Crippen molar-refractivity contribution in [2.75, 3.05) is 7.11 Å². The fourth-order valence-corrected chi connectivity index (χ4v) is 7.59. The minimum Gasteiger partial charge on any atom is -0.381 e. The van der Waals surface area contributed by atoms with Crippen molar-refractivity contribution in [3.63, 3.8) is 0 Å². The lowest BCUT2D eigenvalue weighted by molar-refractivity contribution is -0.161. The van der Waals surface area contributed by atoms with Crippen molar-refractivity contribution in [2.24, 2.45) is 34.5 Å². The van der Waals surface area contributed by atoms with Crippen LogP contribution in [0.25, 0.3) is 0 Å². The molecule has 0 radical (unpaired) electrons. The van der Waals surface area contributed by atoms with E-state index in [0.29, 0.717) is 16.9 Å². The van der Waals surface area contributed by atoms with E-state index in [-0.39, 0.29) is 0 Å². The topological polar surface area (TPSA) is 9.23 Å². The minimum absolute atomic E-state index is 0.494. The number of hydrogen-bond donors (Lipinski definition) is 0. The van der Waals surface area contributed by atoms with Crippen LogP contribution in [0, 0.1) is 34.5 Å². The van der Waals surface area contributed by atoms with Crippen LogP contribution in [0.2, 0.25) is 0 Å². The molecular formula is C20H34O. The number of rotatable bonds is 1. The molecule has 0 N–H and O–H groups in total. The summed E-state index contributed by atoms with van der Waals surface area (Å²) in [6.45, 7) is 5.22. The van der Waals surface area contributed by atoms with Gasteiger partial charge in [0.1, 0.15) is 0 Å². The van der Waals surface area contributed by atoms with Crippen molar-refractivity contribution in [1.82, 2.24) is 0 Å². The second-order valence-corrected chi connectivity index (χ2v) is 9.26. The molecule has 0 aliphatic heterocycles. The van der Waals surface area contributed by atoms with Crippen molar-refractivity contribution in [2.45, 2.75) is 84.2 Å². The molecule has 120 valence electrons. The lowest BCUT2D eigenvalue weighted by Crippen LogP contribution is -2.56. The average molecular weight is 290 g/mol. The van der Waals surface area contributed by atoms with E-state index in [1.165, 1.54) is 64.2 Å². The molecule has 21 heavy (non-hydrogen) atoms. The first-order valence-corrected chi connectivity index (χ1v) is 9.62. The number of ether oxygens (including phenoxy) is 1. The third-order valence-corrected chi connectivity index (χ3v) is 8.75. The standard InChI is InChI=1S/C20H34O/c1-19-11-5-4-7-14(19)9-10-15-16-8-6-12-20(16,2)18(21-3)13-17(15)19/h14-18H,4-13H2,1-3H3/t14?,15?,16?,17?,18-,19-,20+/m0/s1. The van der Waals surface area contributed by atoms with Gasteiger partial charge in [-0.05, 0) is 79.4 Å². The smallest absolute Gasteiger partial charge is 0.0630 e. The molecule has 4 unspecified atom stereocenters. The van der Waals surface area contributed by atoms with Gasteiger partial charge in [0.15, 0.2) is 0 Å². The molecule has 0 amide bonds. The molecule has 0 saturated heterocycles. The minimum atomic E-state index is 0.494. The van der Waals surface area contributed by atoms with Gasteiger partial charge in [0.25, 0.3) is 0 Å². The van der Waals surface area contributed by atoms with Gasteiger partial charge in [-0.2, -0.15) is 0 Å². The lowest BCUT2D eigenvalue weighted by atomic mass is 9.45. The van der Waals surface area contributed by atoms with E-state index in [1.54, 1.807) is 0 Å². The summed E-state index contributed by atoms with van der Waals surface area (Å²) in [7, 11) is 1.98. The molecular weight excluding hydrogens is 256 g/mol. The van der Waals surface area contributed by atoms with Gasteiger partial charge in [0, 0.05) is 7.11 Å². The Balaban J connectivity index is 1.68. The zero-order valence-corrected chi connectivity index (χ0v) is 14.4. The quantitative estimate of drug-likeness (QED) is 0.625. The first kappa shape index (κ1) is 14.5. The molecule has 0 aromatic rings. The van der Waals surface area contributed by atoms with Crippen LogP contribution in [0.4, 0.5) is 0 Å². The van der Waals surface area contributed by atoms with E-state index in [2.05, 4.69) is 13.8 Å². The summed E-state index contributed by atoms with van der Waals surface area (Å²) >= 11 is 0. The van der Waals surface area contributed by atoms with Gasteiger partial charge in [-0.3, -0.25) is 0 Å². The number of hydrogen-bond acceptors (Lipinski definition) is 1. The maximum absolute atomic E-state index is 6.08. The van der Waals surface area contributed by atoms with Gasteiger partial charge in [-0.1, -0.05) is 33.1 Å². The van der Waals surface area contributed by atoms with Crippen molar-refractivity contribution in [1.29, 1.82) is 0 Å². The van der Waals surface area contributed by atoms with E-state index in [1.807, 2.05) is 7.11 Å². The first-order valence-electron chi connectivity index (χ1n) is 9.62. The summed E-state index contributed by atoms with van der Waals surface area (Å²) < 4.78 is 6.08. The van der Waals surface area contributed by atoms with E-state index in [4.69, 9.17) is 4.74 Å². The Morgan fingerprint density at radius 2 is 1.62 bits per heavy atom. The highest BCUT2D eigenvalue weighted by atomic mass is 16.5. The predicted octanol–water partition coefficient (Wildman–Crippen LogP) is 5.43. The highest BCUT2D eigenvalue weighted by Crippen LogP contribution is 2.66. The maximum atomic E-state index is 6.08. The predicted molar refractivity (Wildman–Crippen MR) is 87.1 cm³/mol. The van der Waals surface area contributed by atoms with Crippen LogP contribution in [0.5, 0.6) is 0 Å². The Morgan fingerprint density at radius 3 is 2.43 bits per heavy atom. The van der Waals surface area contributed by atoms with Crippen LogP contribution in [-0.2, 0) is 4.74 Å². The van der Waals surface area contributed by atoms with Gasteiger partial charge >= 0.3 is 0 Å². The Bertz CT molecular complexity index is 405. The zero-order chi connectivity index (χ0) is 14.7. The van der Waals surface area contributed by atoms with E-state index >= 15 is 0 Å². The van der Waals surface area contributed by atoms with Gasteiger partial charge in [-0.15, -0.1) is 0 Å². The third kappa shape index (κ3) is 1.92. The molecule has 0 aromatic carbocycles. The van der Waals surface area contributed by atoms with E-state index in [0.717, 1.165) is 23.7 Å². The normalized spacial score (nSPS) is 56.4. The van der Waals surface area contributed by atoms with E-state index in [9.17, 15) is 0 Å². The van der Waals surface area contributed by atoms with Crippen molar-refractivity contribution < 1.29 is 4.74 Å². The van der Waals surface area contributed by atoms with Crippen LogP contribution in [-0.4, -0.2) is 13.2 Å². The zero-order valence-electron chi connectivity index (χ0n) is 14.4. The molecule has 1 heteroatoms. The third-order valence-electron chi connectivity index (χ3n) is 8.75. The van der Waals surface area contributed by atoms with Gasteiger partial charge in [0.2, 0.25) is 0 Å². The summed E-state index contributed by atoms with van der Waals surface area (Å²) in [5, 5.41) is 0. The van der Waals surface area contributed by atoms with Crippen molar-refractivity contribution in [3.05, 3.63) is 0 Å². The monoisotopic (exact) mass is 290 g/mol. The lowest BCUT2D eigenvalue weighted by Gasteiger charge is -2.61. The second kappa shape index (κ2) is 4.98. The van der Waals surface area contributed by atoms with Crippen LogP contribution in [0.1, 0.15) is 78.1 Å². The highest BCUT2D eigenvalue weighted by Gasteiger charge is 2.60. The van der Waals surface area contributed by atoms with E-state index < -0.39 is 0 Å². The largest absolute Gasteiger partial charge is 0.381 e. The first-order chi connectivity index (χ1) is 10.1. The molecule has 0 aromatic heterocycles. The molecule has 0 bridgehead atoms. The summed E-state index contributed by atoms with van der Waals surface area (Å²) in [4.78, 5) is 0. The fourth-order valence-electron chi connectivity index (χ4n) is 7.59. The van der Waals surface area contributed by atoms with Gasteiger partial charge < -0.3 is 4.74 Å². The fraction of sp³-hybridized carbons (Fsp3) is 1.00. The highest BCUT2D eigenvalue weighted by molar-refractivity contribution is 5.09. The van der Waals surface area contributed by atoms with Crippen molar-refractivity contribution in [3.8, 4) is 0 Å². The molecule has 7 atom stereocenters. The Morgan fingerprint density at radius 1 is 0.810 bits per heavy atom. The average Bonchev–Trinajstić information content (AvgIpc) is 2.88. The molecule has 4 aliphatic carbocycles. The summed E-state index contributed by atoms with van der Waals surface area (Å²) in [6.07, 6.45) is 15.3. The number of methoxy groups -OCH3 is 1. The van der Waals surface area contributed by atoms with Crippen molar-refractivity contribution >= 4 is 0 Å². The van der Waals surface area contributed by atoms with Gasteiger partial charge in [-0.25, -0.2) is 0 Å². The Hall–Kier alpha value is -0.0400. The molecule has 1 nitrogen and oxygen atoms in total. The van der Waals surface area contributed by atoms with Crippen LogP contribution < -0.4 is 0 Å². The van der Waals surface area contributed by atoms with Crippen LogP contribution in [0.3, 0.4) is 0 Å². The van der Waals surface area contributed by atoms with Crippen LogP contribution >= 0.6 is 0 Å². The molecule has 0 heterocycles. The number of fused-ring (bicyclic) bond motifs is 5. The molecule has 4 rings (SSSR count). The SMILES string of the molecule is CO[C@H]1CC2C(CCC3CCCC[C@@]32C)C2CCC[C@]21C. The van der Waals surface area contributed by atoms with Crippen LogP contribution in [0.15, 0.2) is 0 Å². The Labute approximate surface area is 131 Å². The summed E-state index contributed by atoms with van der Waals surface area (Å²) in [6, 6.07) is 0.